The molecule has 1 aliphatic heterocycles. The molecule has 0 saturated carbocycles. The first-order valence-electron chi connectivity index (χ1n) is 8.35. The average molecular weight is 361 g/mol. The SMILES string of the molecule is COc1ccc(C2CCCN2C(=O)c2csc(CCN)n2)c(OC)c1. The maximum Gasteiger partial charge on any atom is 0.273 e. The van der Waals surface area contributed by atoms with Gasteiger partial charge in [0, 0.05) is 30.0 Å². The summed E-state index contributed by atoms with van der Waals surface area (Å²) in [5.74, 6) is 1.45. The van der Waals surface area contributed by atoms with E-state index in [1.807, 2.05) is 28.5 Å². The number of ether oxygens (including phenoxy) is 2. The summed E-state index contributed by atoms with van der Waals surface area (Å²) in [4.78, 5) is 19.3. The minimum atomic E-state index is -0.0279. The summed E-state index contributed by atoms with van der Waals surface area (Å²) in [6.45, 7) is 1.26. The van der Waals surface area contributed by atoms with Crippen molar-refractivity contribution in [2.24, 2.45) is 5.73 Å². The second-order valence-corrected chi connectivity index (χ2v) is 6.87. The summed E-state index contributed by atoms with van der Waals surface area (Å²) in [7, 11) is 3.26. The van der Waals surface area contributed by atoms with Crippen LogP contribution in [0.25, 0.3) is 0 Å². The Morgan fingerprint density at radius 3 is 2.96 bits per heavy atom. The molecule has 1 atom stereocenters. The van der Waals surface area contributed by atoms with Gasteiger partial charge in [-0.2, -0.15) is 0 Å². The molecule has 3 rings (SSSR count). The van der Waals surface area contributed by atoms with Crippen molar-refractivity contribution < 1.29 is 14.3 Å². The summed E-state index contributed by atoms with van der Waals surface area (Å²) in [6, 6.07) is 5.74. The number of nitrogens with zero attached hydrogens (tertiary/aromatic N) is 2. The third kappa shape index (κ3) is 3.62. The van der Waals surface area contributed by atoms with E-state index in [4.69, 9.17) is 15.2 Å². The number of nitrogens with two attached hydrogens (primary N) is 1. The number of likely N-dealkylation sites (tertiary alicyclic amines) is 1. The smallest absolute Gasteiger partial charge is 0.273 e. The van der Waals surface area contributed by atoms with Gasteiger partial charge in [0.1, 0.15) is 17.2 Å². The molecule has 1 amide bonds. The standard InChI is InChI=1S/C18H23N3O3S/c1-23-12-5-6-13(16(10-12)24-2)15-4-3-9-21(15)18(22)14-11-25-17(20-14)7-8-19/h5-6,10-11,15H,3-4,7-9,19H2,1-2H3. The Bertz CT molecular complexity index is 747. The van der Waals surface area contributed by atoms with Gasteiger partial charge in [-0.05, 0) is 31.5 Å². The molecule has 0 spiro atoms. The van der Waals surface area contributed by atoms with Crippen LogP contribution in [0.15, 0.2) is 23.6 Å². The van der Waals surface area contributed by atoms with Crippen molar-refractivity contribution in [1.29, 1.82) is 0 Å². The molecule has 2 aromatic rings. The van der Waals surface area contributed by atoms with Crippen LogP contribution in [0.2, 0.25) is 0 Å². The number of benzene rings is 1. The van der Waals surface area contributed by atoms with Crippen LogP contribution in [-0.2, 0) is 6.42 Å². The van der Waals surface area contributed by atoms with E-state index >= 15 is 0 Å². The lowest BCUT2D eigenvalue weighted by Crippen LogP contribution is -2.31. The zero-order valence-electron chi connectivity index (χ0n) is 14.5. The molecule has 7 heteroatoms. The monoisotopic (exact) mass is 361 g/mol. The van der Waals surface area contributed by atoms with E-state index in [0.29, 0.717) is 18.7 Å². The highest BCUT2D eigenvalue weighted by molar-refractivity contribution is 7.09. The van der Waals surface area contributed by atoms with Crippen LogP contribution in [0.4, 0.5) is 0 Å². The topological polar surface area (TPSA) is 77.7 Å². The van der Waals surface area contributed by atoms with Crippen molar-refractivity contribution in [2.45, 2.75) is 25.3 Å². The third-order valence-electron chi connectivity index (χ3n) is 4.44. The Morgan fingerprint density at radius 1 is 1.40 bits per heavy atom. The van der Waals surface area contributed by atoms with Gasteiger partial charge < -0.3 is 20.1 Å². The van der Waals surface area contributed by atoms with E-state index in [0.717, 1.165) is 41.5 Å². The zero-order chi connectivity index (χ0) is 17.8. The number of hydrogen-bond acceptors (Lipinski definition) is 6. The predicted molar refractivity (Wildman–Crippen MR) is 97.4 cm³/mol. The number of aromatic nitrogens is 1. The minimum absolute atomic E-state index is 0.00647. The maximum absolute atomic E-state index is 12.9. The van der Waals surface area contributed by atoms with Crippen molar-refractivity contribution >= 4 is 17.2 Å². The first-order valence-corrected chi connectivity index (χ1v) is 9.23. The number of carbonyl (C=O) groups excluding carboxylic acids is 1. The average Bonchev–Trinajstić information content (AvgIpc) is 3.30. The fourth-order valence-corrected chi connectivity index (χ4v) is 4.01. The minimum Gasteiger partial charge on any atom is -0.497 e. The van der Waals surface area contributed by atoms with Crippen molar-refractivity contribution in [3.05, 3.63) is 39.8 Å². The molecule has 1 aromatic carbocycles. The second-order valence-electron chi connectivity index (χ2n) is 5.93. The van der Waals surface area contributed by atoms with Gasteiger partial charge in [-0.3, -0.25) is 4.79 Å². The normalized spacial score (nSPS) is 16.9. The van der Waals surface area contributed by atoms with Crippen LogP contribution in [0.1, 0.15) is 39.9 Å². The fraction of sp³-hybridized carbons (Fsp3) is 0.444. The lowest BCUT2D eigenvalue weighted by molar-refractivity contribution is 0.0729. The highest BCUT2D eigenvalue weighted by Gasteiger charge is 2.33. The number of methoxy groups -OCH3 is 2. The van der Waals surface area contributed by atoms with Crippen molar-refractivity contribution in [1.82, 2.24) is 9.88 Å². The van der Waals surface area contributed by atoms with Gasteiger partial charge in [0.2, 0.25) is 0 Å². The van der Waals surface area contributed by atoms with Gasteiger partial charge >= 0.3 is 0 Å². The van der Waals surface area contributed by atoms with E-state index in [2.05, 4.69) is 4.98 Å². The Morgan fingerprint density at radius 2 is 2.24 bits per heavy atom. The van der Waals surface area contributed by atoms with E-state index in [1.54, 1.807) is 14.2 Å². The van der Waals surface area contributed by atoms with Gasteiger partial charge in [0.05, 0.1) is 25.3 Å². The summed E-state index contributed by atoms with van der Waals surface area (Å²) >= 11 is 1.49. The summed E-state index contributed by atoms with van der Waals surface area (Å²) in [5.41, 5.74) is 7.08. The third-order valence-corrected chi connectivity index (χ3v) is 5.35. The molecule has 6 nitrogen and oxygen atoms in total. The number of thiazole rings is 1. The highest BCUT2D eigenvalue weighted by atomic mass is 32.1. The molecule has 0 radical (unpaired) electrons. The Balaban J connectivity index is 1.86. The van der Waals surface area contributed by atoms with Gasteiger partial charge in [0.25, 0.3) is 5.91 Å². The van der Waals surface area contributed by atoms with Gasteiger partial charge in [0.15, 0.2) is 0 Å². The maximum atomic E-state index is 12.9. The first-order chi connectivity index (χ1) is 12.2. The Labute approximate surface area is 151 Å². The molecule has 1 fully saturated rings. The van der Waals surface area contributed by atoms with E-state index < -0.39 is 0 Å². The predicted octanol–water partition coefficient (Wildman–Crippen LogP) is 2.64. The Hall–Kier alpha value is -2.12. The molecule has 2 N–H and O–H groups in total. The first kappa shape index (κ1) is 17.7. The van der Waals surface area contributed by atoms with Gasteiger partial charge in [-0.25, -0.2) is 4.98 Å². The van der Waals surface area contributed by atoms with Gasteiger partial charge in [-0.1, -0.05) is 0 Å². The number of rotatable bonds is 6. The molecule has 1 aliphatic rings. The van der Waals surface area contributed by atoms with Gasteiger partial charge in [-0.15, -0.1) is 11.3 Å². The molecule has 1 unspecified atom stereocenters. The molecule has 1 saturated heterocycles. The van der Waals surface area contributed by atoms with E-state index in [1.165, 1.54) is 11.3 Å². The summed E-state index contributed by atoms with van der Waals surface area (Å²) in [6.07, 6.45) is 2.58. The Kier molecular flexibility index (Phi) is 5.55. The van der Waals surface area contributed by atoms with Crippen LogP contribution >= 0.6 is 11.3 Å². The largest absolute Gasteiger partial charge is 0.497 e. The second kappa shape index (κ2) is 7.84. The molecular formula is C18H23N3O3S. The quantitative estimate of drug-likeness (QED) is 0.856. The summed E-state index contributed by atoms with van der Waals surface area (Å²) < 4.78 is 10.8. The van der Waals surface area contributed by atoms with E-state index in [-0.39, 0.29) is 11.9 Å². The number of amides is 1. The fourth-order valence-electron chi connectivity index (χ4n) is 3.22. The zero-order valence-corrected chi connectivity index (χ0v) is 15.3. The molecule has 25 heavy (non-hydrogen) atoms. The van der Waals surface area contributed by atoms with Crippen LogP contribution in [0.3, 0.4) is 0 Å². The van der Waals surface area contributed by atoms with Crippen molar-refractivity contribution in [3.63, 3.8) is 0 Å². The molecule has 0 bridgehead atoms. The molecule has 2 heterocycles. The van der Waals surface area contributed by atoms with Crippen LogP contribution in [0.5, 0.6) is 11.5 Å². The van der Waals surface area contributed by atoms with Crippen LogP contribution in [0, 0.1) is 0 Å². The molecule has 0 aliphatic carbocycles. The van der Waals surface area contributed by atoms with E-state index in [9.17, 15) is 4.79 Å². The van der Waals surface area contributed by atoms with Crippen LogP contribution in [-0.4, -0.2) is 43.1 Å². The highest BCUT2D eigenvalue weighted by Crippen LogP contribution is 2.39. The van der Waals surface area contributed by atoms with Crippen LogP contribution < -0.4 is 15.2 Å². The number of hydrogen-bond donors (Lipinski definition) is 1. The molecule has 134 valence electrons. The lowest BCUT2D eigenvalue weighted by atomic mass is 10.0. The molecule has 1 aromatic heterocycles. The lowest BCUT2D eigenvalue weighted by Gasteiger charge is -2.26. The van der Waals surface area contributed by atoms with Crippen molar-refractivity contribution in [3.8, 4) is 11.5 Å². The summed E-state index contributed by atoms with van der Waals surface area (Å²) in [5, 5.41) is 2.73. The molecular weight excluding hydrogens is 338 g/mol. The number of carbonyl (C=O) groups is 1. The van der Waals surface area contributed by atoms with Crippen molar-refractivity contribution in [2.75, 3.05) is 27.3 Å².